The summed E-state index contributed by atoms with van der Waals surface area (Å²) in [4.78, 5) is 14.0. The van der Waals surface area contributed by atoms with Crippen molar-refractivity contribution in [2.45, 2.75) is 25.4 Å². The minimum atomic E-state index is 0.0434. The average molecular weight is 277 g/mol. The van der Waals surface area contributed by atoms with Crippen LogP contribution in [0.5, 0.6) is 5.75 Å². The molecule has 5 heteroatoms. The molecular weight excluding hydrogens is 254 g/mol. The van der Waals surface area contributed by atoms with Crippen LogP contribution in [0.3, 0.4) is 0 Å². The van der Waals surface area contributed by atoms with Gasteiger partial charge in [0.25, 0.3) is 0 Å². The molecule has 20 heavy (non-hydrogen) atoms. The summed E-state index contributed by atoms with van der Waals surface area (Å²) in [6, 6.07) is 7.91. The minimum absolute atomic E-state index is 0.0434. The van der Waals surface area contributed by atoms with Crippen molar-refractivity contribution >= 4 is 5.91 Å². The van der Waals surface area contributed by atoms with Crippen LogP contribution in [-0.2, 0) is 11.3 Å². The summed E-state index contributed by atoms with van der Waals surface area (Å²) < 4.78 is 5.16. The van der Waals surface area contributed by atoms with E-state index in [-0.39, 0.29) is 11.9 Å². The van der Waals surface area contributed by atoms with E-state index in [1.54, 1.807) is 7.11 Å². The highest BCUT2D eigenvalue weighted by Gasteiger charge is 2.18. The number of methoxy groups -OCH3 is 1. The third-order valence-electron chi connectivity index (χ3n) is 3.53. The molecule has 5 nitrogen and oxygen atoms in total. The van der Waals surface area contributed by atoms with Crippen LogP contribution >= 0.6 is 0 Å². The zero-order valence-corrected chi connectivity index (χ0v) is 12.0. The summed E-state index contributed by atoms with van der Waals surface area (Å²) in [6.07, 6.45) is 2.13. The molecule has 0 spiro atoms. The van der Waals surface area contributed by atoms with Crippen LogP contribution in [0.2, 0.25) is 0 Å². The lowest BCUT2D eigenvalue weighted by Crippen LogP contribution is -2.46. The Kier molecular flexibility index (Phi) is 5.38. The Hall–Kier alpha value is -1.59. The van der Waals surface area contributed by atoms with Crippen LogP contribution in [0, 0.1) is 0 Å². The predicted molar refractivity (Wildman–Crippen MR) is 78.5 cm³/mol. The molecule has 0 radical (unpaired) electrons. The maximum absolute atomic E-state index is 11.9. The van der Waals surface area contributed by atoms with E-state index in [9.17, 15) is 4.79 Å². The van der Waals surface area contributed by atoms with Gasteiger partial charge >= 0.3 is 0 Å². The summed E-state index contributed by atoms with van der Waals surface area (Å²) in [5, 5.41) is 2.94. The molecule has 1 saturated heterocycles. The van der Waals surface area contributed by atoms with Crippen LogP contribution < -0.4 is 15.8 Å². The summed E-state index contributed by atoms with van der Waals surface area (Å²) in [7, 11) is 1.64. The highest BCUT2D eigenvalue weighted by atomic mass is 16.5. The van der Waals surface area contributed by atoms with E-state index in [1.807, 2.05) is 24.3 Å². The maximum Gasteiger partial charge on any atom is 0.234 e. The highest BCUT2D eigenvalue weighted by Crippen LogP contribution is 2.12. The molecule has 110 valence electrons. The van der Waals surface area contributed by atoms with E-state index in [0.717, 1.165) is 37.2 Å². The van der Waals surface area contributed by atoms with Gasteiger partial charge in [-0.15, -0.1) is 0 Å². The number of hydrogen-bond acceptors (Lipinski definition) is 4. The number of hydrogen-bond donors (Lipinski definition) is 2. The maximum atomic E-state index is 11.9. The van der Waals surface area contributed by atoms with E-state index in [2.05, 4.69) is 10.2 Å². The molecule has 0 bridgehead atoms. The van der Waals surface area contributed by atoms with E-state index >= 15 is 0 Å². The van der Waals surface area contributed by atoms with Crippen molar-refractivity contribution in [3.8, 4) is 5.75 Å². The largest absolute Gasteiger partial charge is 0.497 e. The second-order valence-electron chi connectivity index (χ2n) is 5.27. The smallest absolute Gasteiger partial charge is 0.234 e. The summed E-state index contributed by atoms with van der Waals surface area (Å²) in [5.74, 6) is 0.848. The van der Waals surface area contributed by atoms with Gasteiger partial charge in [-0.25, -0.2) is 0 Å². The lowest BCUT2D eigenvalue weighted by molar-refractivity contribution is -0.122. The molecule has 1 heterocycles. The molecule has 1 amide bonds. The van der Waals surface area contributed by atoms with Gasteiger partial charge < -0.3 is 15.8 Å². The van der Waals surface area contributed by atoms with Gasteiger partial charge in [0, 0.05) is 19.1 Å². The number of nitrogens with zero attached hydrogens (tertiary/aromatic N) is 1. The number of benzene rings is 1. The third-order valence-corrected chi connectivity index (χ3v) is 3.53. The first kappa shape index (κ1) is 14.8. The molecule has 0 unspecified atom stereocenters. The van der Waals surface area contributed by atoms with E-state index in [0.29, 0.717) is 13.1 Å². The second kappa shape index (κ2) is 7.26. The first-order valence-electron chi connectivity index (χ1n) is 7.05. The van der Waals surface area contributed by atoms with Gasteiger partial charge in [0.2, 0.25) is 5.91 Å². The van der Waals surface area contributed by atoms with Crippen LogP contribution in [0.4, 0.5) is 0 Å². The second-order valence-corrected chi connectivity index (χ2v) is 5.27. The molecule has 3 N–H and O–H groups in total. The molecule has 1 fully saturated rings. The fourth-order valence-corrected chi connectivity index (χ4v) is 2.48. The van der Waals surface area contributed by atoms with Gasteiger partial charge in [-0.2, -0.15) is 0 Å². The van der Waals surface area contributed by atoms with Crippen LogP contribution in [0.15, 0.2) is 24.3 Å². The number of nitrogens with two attached hydrogens (primary N) is 1. The number of ether oxygens (including phenoxy) is 1. The molecule has 1 aliphatic heterocycles. The number of rotatable bonds is 5. The number of likely N-dealkylation sites (tertiary alicyclic amines) is 1. The summed E-state index contributed by atoms with van der Waals surface area (Å²) in [5.41, 5.74) is 6.95. The van der Waals surface area contributed by atoms with Gasteiger partial charge in [-0.1, -0.05) is 12.1 Å². The molecule has 1 aromatic carbocycles. The number of carbonyl (C=O) groups excluding carboxylic acids is 1. The van der Waals surface area contributed by atoms with E-state index < -0.39 is 0 Å². The number of piperidine rings is 1. The van der Waals surface area contributed by atoms with Gasteiger partial charge in [0.15, 0.2) is 0 Å². The zero-order chi connectivity index (χ0) is 14.4. The SMILES string of the molecule is COc1cccc(CNC(=O)CN2CCC[C@@H](N)C2)c1. The van der Waals surface area contributed by atoms with Crippen molar-refractivity contribution in [3.63, 3.8) is 0 Å². The third kappa shape index (κ3) is 4.51. The first-order valence-corrected chi connectivity index (χ1v) is 7.05. The normalized spacial score (nSPS) is 19.6. The summed E-state index contributed by atoms with van der Waals surface area (Å²) in [6.45, 7) is 2.72. The Balaban J connectivity index is 1.76. The predicted octanol–water partition coefficient (Wildman–Crippen LogP) is 0.735. The van der Waals surface area contributed by atoms with Crippen LogP contribution in [0.25, 0.3) is 0 Å². The fraction of sp³-hybridized carbons (Fsp3) is 0.533. The number of carbonyl (C=O) groups is 1. The molecule has 1 aliphatic rings. The number of nitrogens with one attached hydrogen (secondary N) is 1. The van der Waals surface area contributed by atoms with Gasteiger partial charge in [0.05, 0.1) is 13.7 Å². The Morgan fingerprint density at radius 2 is 2.40 bits per heavy atom. The summed E-state index contributed by atoms with van der Waals surface area (Å²) >= 11 is 0. The van der Waals surface area contributed by atoms with Crippen molar-refractivity contribution in [1.29, 1.82) is 0 Å². The number of amides is 1. The molecule has 0 saturated carbocycles. The van der Waals surface area contributed by atoms with Gasteiger partial charge in [-0.05, 0) is 37.1 Å². The molecule has 1 aromatic rings. The van der Waals surface area contributed by atoms with Crippen LogP contribution in [0.1, 0.15) is 18.4 Å². The van der Waals surface area contributed by atoms with Crippen molar-refractivity contribution < 1.29 is 9.53 Å². The quantitative estimate of drug-likeness (QED) is 0.833. The molecule has 0 aromatic heterocycles. The zero-order valence-electron chi connectivity index (χ0n) is 12.0. The van der Waals surface area contributed by atoms with Gasteiger partial charge in [0.1, 0.15) is 5.75 Å². The Morgan fingerprint density at radius 1 is 1.55 bits per heavy atom. The van der Waals surface area contributed by atoms with Gasteiger partial charge in [-0.3, -0.25) is 9.69 Å². The molecule has 0 aliphatic carbocycles. The van der Waals surface area contributed by atoms with Crippen molar-refractivity contribution in [3.05, 3.63) is 29.8 Å². The Labute approximate surface area is 120 Å². The Morgan fingerprint density at radius 3 is 3.15 bits per heavy atom. The monoisotopic (exact) mass is 277 g/mol. The minimum Gasteiger partial charge on any atom is -0.497 e. The van der Waals surface area contributed by atoms with E-state index in [1.165, 1.54) is 0 Å². The van der Waals surface area contributed by atoms with Crippen molar-refractivity contribution in [2.24, 2.45) is 5.73 Å². The van der Waals surface area contributed by atoms with Crippen molar-refractivity contribution in [2.75, 3.05) is 26.7 Å². The standard InChI is InChI=1S/C15H23N3O2/c1-20-14-6-2-4-12(8-14)9-17-15(19)11-18-7-3-5-13(16)10-18/h2,4,6,8,13H,3,5,7,9-11,16H2,1H3,(H,17,19)/t13-/m1/s1. The van der Waals surface area contributed by atoms with E-state index in [4.69, 9.17) is 10.5 Å². The Bertz CT molecular complexity index is 450. The first-order chi connectivity index (χ1) is 9.67. The molecular formula is C15H23N3O2. The fourth-order valence-electron chi connectivity index (χ4n) is 2.48. The molecule has 2 rings (SSSR count). The van der Waals surface area contributed by atoms with Crippen molar-refractivity contribution in [1.82, 2.24) is 10.2 Å². The van der Waals surface area contributed by atoms with Crippen LogP contribution in [-0.4, -0.2) is 43.6 Å². The molecule has 1 atom stereocenters. The highest BCUT2D eigenvalue weighted by molar-refractivity contribution is 5.78. The lowest BCUT2D eigenvalue weighted by atomic mass is 10.1. The average Bonchev–Trinajstić information content (AvgIpc) is 2.45. The lowest BCUT2D eigenvalue weighted by Gasteiger charge is -2.29. The topological polar surface area (TPSA) is 67.6 Å².